The van der Waals surface area contributed by atoms with E-state index < -0.39 is 24.5 Å². The predicted octanol–water partition coefficient (Wildman–Crippen LogP) is 3.40. The molecule has 0 radical (unpaired) electrons. The summed E-state index contributed by atoms with van der Waals surface area (Å²) in [6.45, 7) is 1.59. The number of imide groups is 1. The summed E-state index contributed by atoms with van der Waals surface area (Å²) in [6, 6.07) is 12.4. The smallest absolute Gasteiger partial charge is 0.338 e. The van der Waals surface area contributed by atoms with Gasteiger partial charge < -0.3 is 10.1 Å². The zero-order valence-corrected chi connectivity index (χ0v) is 15.4. The number of carbonyl (C=O) groups is 3. The van der Waals surface area contributed by atoms with Gasteiger partial charge in [-0.3, -0.25) is 10.1 Å². The monoisotopic (exact) mass is 368 g/mol. The first kappa shape index (κ1) is 18.9. The maximum absolute atomic E-state index is 12.1. The quantitative estimate of drug-likeness (QED) is 0.810. The number of fused-ring (bicyclic) bond motifs is 1. The number of rotatable bonds is 4. The maximum atomic E-state index is 12.1. The number of hydrogen-bond acceptors (Lipinski definition) is 4. The SMILES string of the molecule is C[C@H]1CCCC[C@@H]1NC(=O)NC(=O)COC(=O)c1ccc2ccccc2c1. The van der Waals surface area contributed by atoms with E-state index >= 15 is 0 Å². The van der Waals surface area contributed by atoms with Crippen molar-refractivity contribution in [2.75, 3.05) is 6.61 Å². The van der Waals surface area contributed by atoms with Gasteiger partial charge in [-0.2, -0.15) is 0 Å². The molecule has 1 fully saturated rings. The molecule has 0 spiro atoms. The van der Waals surface area contributed by atoms with Gasteiger partial charge in [0.2, 0.25) is 0 Å². The number of carbonyl (C=O) groups excluding carboxylic acids is 3. The minimum Gasteiger partial charge on any atom is -0.452 e. The lowest BCUT2D eigenvalue weighted by molar-refractivity contribution is -0.123. The summed E-state index contributed by atoms with van der Waals surface area (Å²) in [5.41, 5.74) is 0.363. The normalized spacial score (nSPS) is 19.3. The van der Waals surface area contributed by atoms with Crippen molar-refractivity contribution < 1.29 is 19.1 Å². The van der Waals surface area contributed by atoms with Gasteiger partial charge in [-0.05, 0) is 41.7 Å². The molecule has 0 unspecified atom stereocenters. The molecule has 6 nitrogen and oxygen atoms in total. The van der Waals surface area contributed by atoms with Gasteiger partial charge in [0.25, 0.3) is 5.91 Å². The third-order valence-electron chi connectivity index (χ3n) is 5.00. The molecule has 3 rings (SSSR count). The van der Waals surface area contributed by atoms with Gasteiger partial charge in [0.05, 0.1) is 5.56 Å². The Labute approximate surface area is 158 Å². The Kier molecular flexibility index (Phi) is 6.06. The minimum atomic E-state index is -0.648. The first-order valence-corrected chi connectivity index (χ1v) is 9.29. The average molecular weight is 368 g/mol. The first-order chi connectivity index (χ1) is 13.0. The second-order valence-electron chi connectivity index (χ2n) is 7.03. The fraction of sp³-hybridized carbons (Fsp3) is 0.381. The molecule has 1 aliphatic carbocycles. The molecule has 0 bridgehead atoms. The Morgan fingerprint density at radius 1 is 1.04 bits per heavy atom. The highest BCUT2D eigenvalue weighted by Crippen LogP contribution is 2.23. The fourth-order valence-electron chi connectivity index (χ4n) is 3.43. The molecule has 1 saturated carbocycles. The Morgan fingerprint density at radius 3 is 2.56 bits per heavy atom. The van der Waals surface area contributed by atoms with Crippen LogP contribution in [0.3, 0.4) is 0 Å². The van der Waals surface area contributed by atoms with Crippen LogP contribution in [-0.4, -0.2) is 30.6 Å². The second-order valence-corrected chi connectivity index (χ2v) is 7.03. The van der Waals surface area contributed by atoms with Crippen molar-refractivity contribution >= 4 is 28.7 Å². The predicted molar refractivity (Wildman–Crippen MR) is 102 cm³/mol. The average Bonchev–Trinajstić information content (AvgIpc) is 2.67. The summed E-state index contributed by atoms with van der Waals surface area (Å²) in [4.78, 5) is 36.0. The molecule has 27 heavy (non-hydrogen) atoms. The topological polar surface area (TPSA) is 84.5 Å². The van der Waals surface area contributed by atoms with Crippen molar-refractivity contribution in [3.8, 4) is 0 Å². The molecule has 6 heteroatoms. The van der Waals surface area contributed by atoms with Crippen molar-refractivity contribution in [2.45, 2.75) is 38.6 Å². The molecule has 3 amide bonds. The highest BCUT2D eigenvalue weighted by Gasteiger charge is 2.23. The van der Waals surface area contributed by atoms with E-state index in [1.807, 2.05) is 30.3 Å². The van der Waals surface area contributed by atoms with Gasteiger partial charge in [0.1, 0.15) is 0 Å². The summed E-state index contributed by atoms with van der Waals surface area (Å²) in [7, 11) is 0. The van der Waals surface area contributed by atoms with Crippen molar-refractivity contribution in [1.82, 2.24) is 10.6 Å². The van der Waals surface area contributed by atoms with Crippen LogP contribution in [0.5, 0.6) is 0 Å². The van der Waals surface area contributed by atoms with Crippen LogP contribution in [0, 0.1) is 5.92 Å². The number of esters is 1. The van der Waals surface area contributed by atoms with Crippen molar-refractivity contribution in [2.24, 2.45) is 5.92 Å². The number of urea groups is 1. The summed E-state index contributed by atoms with van der Waals surface area (Å²) < 4.78 is 5.02. The van der Waals surface area contributed by atoms with Gasteiger partial charge in [-0.15, -0.1) is 0 Å². The number of hydrogen-bond donors (Lipinski definition) is 2. The Balaban J connectivity index is 1.47. The third kappa shape index (κ3) is 5.06. The second kappa shape index (κ2) is 8.66. The molecular formula is C21H24N2O4. The first-order valence-electron chi connectivity index (χ1n) is 9.29. The summed E-state index contributed by atoms with van der Waals surface area (Å²) in [5, 5.41) is 6.97. The lowest BCUT2D eigenvalue weighted by Crippen LogP contribution is -2.48. The molecule has 2 N–H and O–H groups in total. The number of nitrogens with one attached hydrogen (secondary N) is 2. The van der Waals surface area contributed by atoms with Gasteiger partial charge in [-0.25, -0.2) is 9.59 Å². The lowest BCUT2D eigenvalue weighted by Gasteiger charge is -2.29. The lowest BCUT2D eigenvalue weighted by atomic mass is 9.86. The van der Waals surface area contributed by atoms with E-state index in [1.165, 1.54) is 6.42 Å². The number of ether oxygens (including phenoxy) is 1. The van der Waals surface area contributed by atoms with E-state index in [0.29, 0.717) is 11.5 Å². The van der Waals surface area contributed by atoms with E-state index in [1.54, 1.807) is 12.1 Å². The number of amides is 3. The molecule has 2 atom stereocenters. The highest BCUT2D eigenvalue weighted by atomic mass is 16.5. The fourth-order valence-corrected chi connectivity index (χ4v) is 3.43. The zero-order valence-electron chi connectivity index (χ0n) is 15.4. The van der Waals surface area contributed by atoms with Gasteiger partial charge >= 0.3 is 12.0 Å². The van der Waals surface area contributed by atoms with E-state index in [4.69, 9.17) is 4.74 Å². The van der Waals surface area contributed by atoms with Crippen molar-refractivity contribution in [1.29, 1.82) is 0 Å². The van der Waals surface area contributed by atoms with Gasteiger partial charge in [0.15, 0.2) is 6.61 Å². The standard InChI is InChI=1S/C21H24N2O4/c1-14-6-2-5-9-18(14)22-21(26)23-19(24)13-27-20(25)17-11-10-15-7-3-4-8-16(15)12-17/h3-4,7-8,10-12,14,18H,2,5-6,9,13H2,1H3,(H2,22,23,24,26)/t14-,18-/m0/s1. The summed E-state index contributed by atoms with van der Waals surface area (Å²) in [6.07, 6.45) is 4.24. The molecule has 0 aromatic heterocycles. The van der Waals surface area contributed by atoms with E-state index in [9.17, 15) is 14.4 Å². The molecule has 0 aliphatic heterocycles. The van der Waals surface area contributed by atoms with Crippen LogP contribution < -0.4 is 10.6 Å². The van der Waals surface area contributed by atoms with Gasteiger partial charge in [-0.1, -0.05) is 50.1 Å². The van der Waals surface area contributed by atoms with Crippen LogP contribution in [0.15, 0.2) is 42.5 Å². The van der Waals surface area contributed by atoms with Gasteiger partial charge in [0, 0.05) is 6.04 Å². The molecule has 0 heterocycles. The molecule has 142 valence electrons. The summed E-state index contributed by atoms with van der Waals surface area (Å²) in [5.74, 6) is -0.854. The Morgan fingerprint density at radius 2 is 1.78 bits per heavy atom. The number of benzene rings is 2. The van der Waals surface area contributed by atoms with E-state index in [-0.39, 0.29) is 6.04 Å². The highest BCUT2D eigenvalue weighted by molar-refractivity contribution is 5.98. The molecule has 2 aromatic carbocycles. The van der Waals surface area contributed by atoms with Crippen LogP contribution in [0.4, 0.5) is 4.79 Å². The van der Waals surface area contributed by atoms with Crippen molar-refractivity contribution in [3.05, 3.63) is 48.0 Å². The van der Waals surface area contributed by atoms with Crippen LogP contribution in [0.1, 0.15) is 43.0 Å². The third-order valence-corrected chi connectivity index (χ3v) is 5.00. The Hall–Kier alpha value is -2.89. The van der Waals surface area contributed by atoms with Crippen LogP contribution in [0.2, 0.25) is 0 Å². The maximum Gasteiger partial charge on any atom is 0.338 e. The Bertz CT molecular complexity index is 849. The minimum absolute atomic E-state index is 0.0756. The summed E-state index contributed by atoms with van der Waals surface area (Å²) >= 11 is 0. The molecule has 0 saturated heterocycles. The van der Waals surface area contributed by atoms with E-state index in [2.05, 4.69) is 17.6 Å². The molecule has 1 aliphatic rings. The molecule has 2 aromatic rings. The van der Waals surface area contributed by atoms with Crippen LogP contribution in [-0.2, 0) is 9.53 Å². The largest absolute Gasteiger partial charge is 0.452 e. The zero-order chi connectivity index (χ0) is 19.2. The van der Waals surface area contributed by atoms with Crippen molar-refractivity contribution in [3.63, 3.8) is 0 Å². The van der Waals surface area contributed by atoms with Crippen LogP contribution in [0.25, 0.3) is 10.8 Å². The van der Waals surface area contributed by atoms with Crippen LogP contribution >= 0.6 is 0 Å². The van der Waals surface area contributed by atoms with E-state index in [0.717, 1.165) is 30.0 Å². The molecular weight excluding hydrogens is 344 g/mol.